The predicted octanol–water partition coefficient (Wildman–Crippen LogP) is 3.64. The van der Waals surface area contributed by atoms with Crippen molar-refractivity contribution < 1.29 is 23.9 Å². The van der Waals surface area contributed by atoms with E-state index in [-0.39, 0.29) is 31.1 Å². The number of hydrogen-bond donors (Lipinski definition) is 1. The van der Waals surface area contributed by atoms with Crippen LogP contribution in [0.1, 0.15) is 71.8 Å². The zero-order valence-corrected chi connectivity index (χ0v) is 21.0. The number of hydrogen-bond acceptors (Lipinski definition) is 6. The molecule has 7 nitrogen and oxygen atoms in total. The van der Waals surface area contributed by atoms with Crippen LogP contribution in [0.3, 0.4) is 0 Å². The van der Waals surface area contributed by atoms with Gasteiger partial charge < -0.3 is 14.4 Å². The Morgan fingerprint density at radius 3 is 2.53 bits per heavy atom. The van der Waals surface area contributed by atoms with Gasteiger partial charge in [0.2, 0.25) is 5.91 Å². The molecule has 1 aromatic carbocycles. The summed E-state index contributed by atoms with van der Waals surface area (Å²) in [5.41, 5.74) is 0.525. The third kappa shape index (κ3) is 7.29. The first kappa shape index (κ1) is 26.2. The number of nitrogens with one attached hydrogen (secondary N) is 1. The standard InChI is InChI=1S/C27H40N2O5/c1-5-33-26(32)22(16-14-19-10-7-6-8-11-19)28-21-17-15-20-12-9-13-23(20)29(25(21)31)18-24(30)34-27(2,3)4/h6-8,10-11,20-23,28H,5,9,12-18H2,1-4H3/t20-,21-,22-,23-/m0/s1. The summed E-state index contributed by atoms with van der Waals surface area (Å²) in [6, 6.07) is 8.91. The SMILES string of the molecule is CCOC(=O)[C@H](CCc1ccccc1)N[C@H]1CC[C@@H]2CCC[C@@H]2N(CC(=O)OC(C)(C)C)C1=O. The van der Waals surface area contributed by atoms with Gasteiger partial charge in [0.15, 0.2) is 0 Å². The number of rotatable bonds is 9. The van der Waals surface area contributed by atoms with Crippen molar-refractivity contribution in [2.45, 2.75) is 96.4 Å². The quantitative estimate of drug-likeness (QED) is 0.553. The Bertz CT molecular complexity index is 835. The fourth-order valence-corrected chi connectivity index (χ4v) is 5.21. The molecule has 34 heavy (non-hydrogen) atoms. The topological polar surface area (TPSA) is 84.9 Å². The number of carbonyl (C=O) groups is 3. The maximum atomic E-state index is 13.7. The van der Waals surface area contributed by atoms with E-state index >= 15 is 0 Å². The number of esters is 2. The Labute approximate surface area is 203 Å². The van der Waals surface area contributed by atoms with Gasteiger partial charge in [-0.25, -0.2) is 0 Å². The summed E-state index contributed by atoms with van der Waals surface area (Å²) in [6.07, 6.45) is 5.80. The van der Waals surface area contributed by atoms with Crippen molar-refractivity contribution in [2.24, 2.45) is 5.92 Å². The highest BCUT2D eigenvalue weighted by molar-refractivity contribution is 5.87. The molecule has 1 amide bonds. The molecular formula is C27H40N2O5. The first-order chi connectivity index (χ1) is 16.2. The van der Waals surface area contributed by atoms with Gasteiger partial charge in [0, 0.05) is 6.04 Å². The Morgan fingerprint density at radius 1 is 1.12 bits per heavy atom. The van der Waals surface area contributed by atoms with Crippen LogP contribution >= 0.6 is 0 Å². The van der Waals surface area contributed by atoms with Crippen LogP contribution in [0.4, 0.5) is 0 Å². The summed E-state index contributed by atoms with van der Waals surface area (Å²) in [6.45, 7) is 7.50. The fourth-order valence-electron chi connectivity index (χ4n) is 5.21. The minimum Gasteiger partial charge on any atom is -0.465 e. The lowest BCUT2D eigenvalue weighted by Crippen LogP contribution is -2.54. The molecule has 0 aromatic heterocycles. The minimum absolute atomic E-state index is 0.0520. The van der Waals surface area contributed by atoms with E-state index in [1.54, 1.807) is 11.8 Å². The summed E-state index contributed by atoms with van der Waals surface area (Å²) in [7, 11) is 0. The normalized spacial score (nSPS) is 23.7. The molecule has 0 spiro atoms. The molecule has 0 bridgehead atoms. The van der Waals surface area contributed by atoms with Crippen molar-refractivity contribution in [2.75, 3.05) is 13.2 Å². The lowest BCUT2D eigenvalue weighted by Gasteiger charge is -2.33. The molecule has 0 unspecified atom stereocenters. The first-order valence-corrected chi connectivity index (χ1v) is 12.7. The van der Waals surface area contributed by atoms with Crippen molar-refractivity contribution >= 4 is 17.8 Å². The van der Waals surface area contributed by atoms with Gasteiger partial charge in [-0.3, -0.25) is 19.7 Å². The fraction of sp³-hybridized carbons (Fsp3) is 0.667. The summed E-state index contributed by atoms with van der Waals surface area (Å²) < 4.78 is 10.8. The van der Waals surface area contributed by atoms with Crippen LogP contribution in [0.5, 0.6) is 0 Å². The van der Waals surface area contributed by atoms with E-state index in [0.717, 1.165) is 31.2 Å². The average Bonchev–Trinajstić information content (AvgIpc) is 3.20. The van der Waals surface area contributed by atoms with E-state index in [2.05, 4.69) is 5.32 Å². The average molecular weight is 473 g/mol. The molecule has 4 atom stereocenters. The van der Waals surface area contributed by atoms with Crippen molar-refractivity contribution in [1.29, 1.82) is 0 Å². The van der Waals surface area contributed by atoms with E-state index in [1.165, 1.54) is 0 Å². The lowest BCUT2D eigenvalue weighted by molar-refractivity contribution is -0.160. The second-order valence-corrected chi connectivity index (χ2v) is 10.4. The number of benzene rings is 1. The van der Waals surface area contributed by atoms with E-state index in [0.29, 0.717) is 25.2 Å². The van der Waals surface area contributed by atoms with Crippen LogP contribution in [-0.4, -0.2) is 59.6 Å². The highest BCUT2D eigenvalue weighted by atomic mass is 16.6. The van der Waals surface area contributed by atoms with Crippen molar-refractivity contribution in [3.63, 3.8) is 0 Å². The number of ether oxygens (including phenoxy) is 2. The van der Waals surface area contributed by atoms with Crippen LogP contribution in [0.25, 0.3) is 0 Å². The number of nitrogens with zero attached hydrogens (tertiary/aromatic N) is 1. The molecule has 7 heteroatoms. The number of aryl methyl sites for hydroxylation is 1. The number of likely N-dealkylation sites (tertiary alicyclic amines) is 1. The van der Waals surface area contributed by atoms with Gasteiger partial charge in [-0.05, 0) is 77.7 Å². The largest absolute Gasteiger partial charge is 0.465 e. The highest BCUT2D eigenvalue weighted by Crippen LogP contribution is 2.36. The maximum Gasteiger partial charge on any atom is 0.326 e. The van der Waals surface area contributed by atoms with Gasteiger partial charge in [0.05, 0.1) is 12.6 Å². The lowest BCUT2D eigenvalue weighted by atomic mass is 9.97. The highest BCUT2D eigenvalue weighted by Gasteiger charge is 2.42. The third-order valence-corrected chi connectivity index (χ3v) is 6.68. The second kappa shape index (κ2) is 11.8. The van der Waals surface area contributed by atoms with Gasteiger partial charge >= 0.3 is 11.9 Å². The van der Waals surface area contributed by atoms with E-state index in [4.69, 9.17) is 9.47 Å². The van der Waals surface area contributed by atoms with E-state index in [1.807, 2.05) is 51.1 Å². The summed E-state index contributed by atoms with van der Waals surface area (Å²) in [4.78, 5) is 40.8. The van der Waals surface area contributed by atoms with E-state index in [9.17, 15) is 14.4 Å². The molecular weight excluding hydrogens is 432 g/mol. The predicted molar refractivity (Wildman–Crippen MR) is 130 cm³/mol. The van der Waals surface area contributed by atoms with Crippen molar-refractivity contribution in [3.8, 4) is 0 Å². The zero-order chi connectivity index (χ0) is 24.7. The van der Waals surface area contributed by atoms with Crippen LogP contribution in [0.2, 0.25) is 0 Å². The van der Waals surface area contributed by atoms with Gasteiger partial charge in [0.1, 0.15) is 18.2 Å². The molecule has 1 saturated heterocycles. The Balaban J connectivity index is 1.74. The summed E-state index contributed by atoms with van der Waals surface area (Å²) in [5.74, 6) is -0.467. The number of carbonyl (C=O) groups excluding carboxylic acids is 3. The van der Waals surface area contributed by atoms with Gasteiger partial charge in [-0.15, -0.1) is 0 Å². The molecule has 3 rings (SSSR count). The zero-order valence-electron chi connectivity index (χ0n) is 21.0. The molecule has 1 aliphatic carbocycles. The molecule has 0 radical (unpaired) electrons. The molecule has 2 aliphatic rings. The minimum atomic E-state index is -0.606. The number of amides is 1. The van der Waals surface area contributed by atoms with Crippen LogP contribution < -0.4 is 5.32 Å². The van der Waals surface area contributed by atoms with Gasteiger partial charge in [-0.2, -0.15) is 0 Å². The van der Waals surface area contributed by atoms with Gasteiger partial charge in [-0.1, -0.05) is 36.8 Å². The van der Waals surface area contributed by atoms with Crippen molar-refractivity contribution in [1.82, 2.24) is 10.2 Å². The molecule has 1 heterocycles. The maximum absolute atomic E-state index is 13.7. The van der Waals surface area contributed by atoms with E-state index < -0.39 is 23.7 Å². The molecule has 1 saturated carbocycles. The van der Waals surface area contributed by atoms with Crippen LogP contribution in [-0.2, 0) is 30.3 Å². The number of fused-ring (bicyclic) bond motifs is 1. The monoisotopic (exact) mass is 472 g/mol. The van der Waals surface area contributed by atoms with Gasteiger partial charge in [0.25, 0.3) is 0 Å². The Kier molecular flexibility index (Phi) is 9.11. The third-order valence-electron chi connectivity index (χ3n) is 6.68. The summed E-state index contributed by atoms with van der Waals surface area (Å²) in [5, 5.41) is 3.32. The molecule has 1 aromatic rings. The molecule has 188 valence electrons. The first-order valence-electron chi connectivity index (χ1n) is 12.7. The van der Waals surface area contributed by atoms with Crippen LogP contribution in [0, 0.1) is 5.92 Å². The molecule has 2 fully saturated rings. The second-order valence-electron chi connectivity index (χ2n) is 10.4. The Morgan fingerprint density at radius 2 is 1.85 bits per heavy atom. The smallest absolute Gasteiger partial charge is 0.326 e. The Hall–Kier alpha value is -2.41. The molecule has 1 aliphatic heterocycles. The van der Waals surface area contributed by atoms with Crippen LogP contribution in [0.15, 0.2) is 30.3 Å². The molecule has 1 N–H and O–H groups in total. The van der Waals surface area contributed by atoms with Crippen molar-refractivity contribution in [3.05, 3.63) is 35.9 Å². The summed E-state index contributed by atoms with van der Waals surface area (Å²) >= 11 is 0.